The lowest BCUT2D eigenvalue weighted by Crippen LogP contribution is -2.13. The number of phenolic OH excluding ortho intramolecular Hbond substituents is 1. The predicted octanol–water partition coefficient (Wildman–Crippen LogP) is 7.94. The van der Waals surface area contributed by atoms with Crippen LogP contribution >= 0.6 is 0 Å². The summed E-state index contributed by atoms with van der Waals surface area (Å²) in [6.07, 6.45) is 5.56. The molecule has 172 valence electrons. The van der Waals surface area contributed by atoms with E-state index in [1.807, 2.05) is 54.6 Å². The van der Waals surface area contributed by atoms with Crippen LogP contribution in [0.2, 0.25) is 0 Å². The number of rotatable bonds is 9. The smallest absolute Gasteiger partial charge is 0.128 e. The van der Waals surface area contributed by atoms with Crippen LogP contribution in [0.1, 0.15) is 68.7 Å². The summed E-state index contributed by atoms with van der Waals surface area (Å²) in [7, 11) is 0. The van der Waals surface area contributed by atoms with Crippen molar-refractivity contribution in [3.05, 3.63) is 102 Å². The van der Waals surface area contributed by atoms with E-state index in [-0.39, 0.29) is 17.1 Å². The molecule has 33 heavy (non-hydrogen) atoms. The van der Waals surface area contributed by atoms with Gasteiger partial charge in [-0.25, -0.2) is 0 Å². The second-order valence-electron chi connectivity index (χ2n) is 9.42. The quantitative estimate of drug-likeness (QED) is 0.208. The number of allylic oxidation sites excluding steroid dienone is 1. The third-order valence-corrected chi connectivity index (χ3v) is 5.81. The molecule has 0 fully saturated rings. The fraction of sp³-hybridized carbons (Fsp3) is 0.300. The topological polar surface area (TPSA) is 41.8 Å². The predicted molar refractivity (Wildman–Crippen MR) is 139 cm³/mol. The highest BCUT2D eigenvalue weighted by atomic mass is 16.5. The van der Waals surface area contributed by atoms with Gasteiger partial charge < -0.3 is 9.84 Å². The van der Waals surface area contributed by atoms with Crippen LogP contribution in [-0.2, 0) is 5.41 Å². The molecule has 0 aromatic heterocycles. The normalized spacial score (nSPS) is 12.6. The van der Waals surface area contributed by atoms with Crippen LogP contribution in [0.5, 0.6) is 11.5 Å². The molecule has 1 unspecified atom stereocenters. The molecule has 1 atom stereocenters. The van der Waals surface area contributed by atoms with Gasteiger partial charge >= 0.3 is 0 Å². The number of hydrogen-bond acceptors (Lipinski definition) is 3. The van der Waals surface area contributed by atoms with Crippen LogP contribution in [0.4, 0.5) is 5.69 Å². The average Bonchev–Trinajstić information content (AvgIpc) is 2.81. The van der Waals surface area contributed by atoms with Gasteiger partial charge in [0.05, 0.1) is 12.3 Å². The average molecular weight is 442 g/mol. The summed E-state index contributed by atoms with van der Waals surface area (Å²) in [6, 6.07) is 22.2. The zero-order valence-electron chi connectivity index (χ0n) is 20.2. The van der Waals surface area contributed by atoms with Gasteiger partial charge in [-0.3, -0.25) is 4.99 Å². The molecule has 0 aliphatic heterocycles. The molecule has 1 N–H and O–H groups in total. The van der Waals surface area contributed by atoms with Crippen LogP contribution in [-0.4, -0.2) is 17.9 Å². The molecule has 0 saturated heterocycles. The minimum Gasteiger partial charge on any atom is -0.507 e. The van der Waals surface area contributed by atoms with E-state index in [4.69, 9.17) is 4.74 Å². The van der Waals surface area contributed by atoms with Crippen LogP contribution in [0.3, 0.4) is 0 Å². The van der Waals surface area contributed by atoms with Crippen LogP contribution in [0, 0.1) is 0 Å². The number of nitrogens with zero attached hydrogens (tertiary/aromatic N) is 1. The molecule has 0 aliphatic carbocycles. The van der Waals surface area contributed by atoms with Gasteiger partial charge in [0.2, 0.25) is 0 Å². The van der Waals surface area contributed by atoms with E-state index in [9.17, 15) is 5.11 Å². The Kier molecular flexibility index (Phi) is 8.11. The molecule has 0 bridgehead atoms. The van der Waals surface area contributed by atoms with Crippen LogP contribution < -0.4 is 4.74 Å². The Labute approximate surface area is 198 Å². The maximum Gasteiger partial charge on any atom is 0.128 e. The van der Waals surface area contributed by atoms with E-state index in [2.05, 4.69) is 57.5 Å². The van der Waals surface area contributed by atoms with Crippen molar-refractivity contribution in [1.29, 1.82) is 0 Å². The van der Waals surface area contributed by atoms with Gasteiger partial charge in [0, 0.05) is 23.3 Å². The first kappa shape index (κ1) is 24.3. The van der Waals surface area contributed by atoms with Gasteiger partial charge in [0.1, 0.15) is 11.5 Å². The summed E-state index contributed by atoms with van der Waals surface area (Å²) in [5.74, 6) is 1.18. The highest BCUT2D eigenvalue weighted by Crippen LogP contribution is 2.37. The minimum absolute atomic E-state index is 0.0496. The summed E-state index contributed by atoms with van der Waals surface area (Å²) in [4.78, 5) is 4.63. The molecule has 3 aromatic rings. The van der Waals surface area contributed by atoms with E-state index in [0.29, 0.717) is 6.61 Å². The fourth-order valence-corrected chi connectivity index (χ4v) is 3.65. The first-order valence-electron chi connectivity index (χ1n) is 11.6. The SMILES string of the molecule is C=CCCCOc1ccc(N=Cc2cc(C(C)(C)C)cc(C(C)c3ccccc3)c2O)cc1. The summed E-state index contributed by atoms with van der Waals surface area (Å²) < 4.78 is 5.74. The van der Waals surface area contributed by atoms with Gasteiger partial charge in [-0.15, -0.1) is 6.58 Å². The molecule has 0 amide bonds. The Bertz CT molecular complexity index is 1080. The van der Waals surface area contributed by atoms with Crippen molar-refractivity contribution >= 4 is 11.9 Å². The van der Waals surface area contributed by atoms with Crippen molar-refractivity contribution in [2.75, 3.05) is 6.61 Å². The van der Waals surface area contributed by atoms with Crippen molar-refractivity contribution in [3.8, 4) is 11.5 Å². The molecule has 3 nitrogen and oxygen atoms in total. The Morgan fingerprint density at radius 3 is 2.36 bits per heavy atom. The highest BCUT2D eigenvalue weighted by molar-refractivity contribution is 5.86. The molecule has 0 aliphatic rings. The van der Waals surface area contributed by atoms with Crippen molar-refractivity contribution in [2.24, 2.45) is 4.99 Å². The maximum absolute atomic E-state index is 11.2. The molecule has 0 spiro atoms. The summed E-state index contributed by atoms with van der Waals surface area (Å²) in [6.45, 7) is 13.1. The van der Waals surface area contributed by atoms with Crippen molar-refractivity contribution < 1.29 is 9.84 Å². The molecule has 0 heterocycles. The summed E-state index contributed by atoms with van der Waals surface area (Å²) in [5.41, 5.74) is 4.75. The second-order valence-corrected chi connectivity index (χ2v) is 9.42. The fourth-order valence-electron chi connectivity index (χ4n) is 3.65. The van der Waals surface area contributed by atoms with E-state index >= 15 is 0 Å². The van der Waals surface area contributed by atoms with Crippen molar-refractivity contribution in [3.63, 3.8) is 0 Å². The Hall–Kier alpha value is -3.33. The first-order chi connectivity index (χ1) is 15.8. The lowest BCUT2D eigenvalue weighted by molar-refractivity contribution is 0.312. The molecule has 0 radical (unpaired) electrons. The molecular weight excluding hydrogens is 406 g/mol. The third kappa shape index (κ3) is 6.58. The number of benzene rings is 3. The van der Waals surface area contributed by atoms with Crippen LogP contribution in [0.15, 0.2) is 84.4 Å². The monoisotopic (exact) mass is 441 g/mol. The Balaban J connectivity index is 1.87. The lowest BCUT2D eigenvalue weighted by Gasteiger charge is -2.24. The zero-order valence-corrected chi connectivity index (χ0v) is 20.2. The molecule has 3 heteroatoms. The number of hydrogen-bond donors (Lipinski definition) is 1. The molecule has 3 aromatic carbocycles. The van der Waals surface area contributed by atoms with E-state index < -0.39 is 0 Å². The summed E-state index contributed by atoms with van der Waals surface area (Å²) >= 11 is 0. The minimum atomic E-state index is -0.0496. The van der Waals surface area contributed by atoms with Gasteiger partial charge in [-0.05, 0) is 59.7 Å². The van der Waals surface area contributed by atoms with E-state index in [1.54, 1.807) is 6.21 Å². The third-order valence-electron chi connectivity index (χ3n) is 5.81. The number of aromatic hydroxyl groups is 1. The Morgan fingerprint density at radius 2 is 1.73 bits per heavy atom. The number of aliphatic imine (C=N–C) groups is 1. The molecule has 3 rings (SSSR count). The largest absolute Gasteiger partial charge is 0.507 e. The van der Waals surface area contributed by atoms with Gasteiger partial charge in [0.15, 0.2) is 0 Å². The standard InChI is InChI=1S/C30H35NO2/c1-6-7-11-18-33-27-16-14-26(15-17-27)31-21-24-19-25(30(3,4)5)20-28(29(24)32)22(2)23-12-9-8-10-13-23/h6,8-10,12-17,19-22,32H,1,7,11,18H2,2-5H3. The number of phenols is 1. The number of unbranched alkanes of at least 4 members (excludes halogenated alkanes) is 1. The summed E-state index contributed by atoms with van der Waals surface area (Å²) in [5, 5.41) is 11.2. The van der Waals surface area contributed by atoms with E-state index in [1.165, 1.54) is 11.1 Å². The Morgan fingerprint density at radius 1 is 1.03 bits per heavy atom. The highest BCUT2D eigenvalue weighted by Gasteiger charge is 2.21. The van der Waals surface area contributed by atoms with Crippen molar-refractivity contribution in [1.82, 2.24) is 0 Å². The van der Waals surface area contributed by atoms with Gasteiger partial charge in [-0.2, -0.15) is 0 Å². The second kappa shape index (κ2) is 11.0. The lowest BCUT2D eigenvalue weighted by atomic mass is 9.82. The number of ether oxygens (including phenoxy) is 1. The molecular formula is C30H35NO2. The maximum atomic E-state index is 11.2. The van der Waals surface area contributed by atoms with Gasteiger partial charge in [-0.1, -0.05) is 70.2 Å². The first-order valence-corrected chi connectivity index (χ1v) is 11.6. The molecule has 0 saturated carbocycles. The zero-order chi connectivity index (χ0) is 23.8. The van der Waals surface area contributed by atoms with E-state index in [0.717, 1.165) is 35.4 Å². The van der Waals surface area contributed by atoms with Crippen molar-refractivity contribution in [2.45, 2.75) is 51.9 Å². The van der Waals surface area contributed by atoms with Crippen LogP contribution in [0.25, 0.3) is 0 Å². The van der Waals surface area contributed by atoms with Gasteiger partial charge in [0.25, 0.3) is 0 Å².